The van der Waals surface area contributed by atoms with E-state index in [4.69, 9.17) is 5.26 Å². The summed E-state index contributed by atoms with van der Waals surface area (Å²) in [5.41, 5.74) is 0.138. The topological polar surface area (TPSA) is 39.1 Å². The summed E-state index contributed by atoms with van der Waals surface area (Å²) < 4.78 is 0. The van der Waals surface area contributed by atoms with Gasteiger partial charge in [-0.2, -0.15) is 5.26 Å². The van der Waals surface area contributed by atoms with E-state index in [1.807, 2.05) is 0 Å². The molecule has 0 aromatic carbocycles. The van der Waals surface area contributed by atoms with Crippen LogP contribution in [0.5, 0.6) is 0 Å². The molecule has 1 aliphatic heterocycles. The zero-order valence-electron chi connectivity index (χ0n) is 11.9. The zero-order chi connectivity index (χ0) is 13.0. The van der Waals surface area contributed by atoms with E-state index >= 15 is 0 Å². The summed E-state index contributed by atoms with van der Waals surface area (Å²) in [6.07, 6.45) is 8.13. The normalized spacial score (nSPS) is 22.9. The first kappa shape index (κ1) is 13.8. The molecule has 0 spiro atoms. The Kier molecular flexibility index (Phi) is 4.64. The van der Waals surface area contributed by atoms with Crippen LogP contribution in [0.15, 0.2) is 0 Å². The summed E-state index contributed by atoms with van der Waals surface area (Å²) >= 11 is 0. The Bertz CT molecular complexity index is 291. The van der Waals surface area contributed by atoms with Crippen molar-refractivity contribution in [1.29, 1.82) is 5.26 Å². The molecule has 0 atom stereocenters. The molecule has 2 aliphatic rings. The van der Waals surface area contributed by atoms with Gasteiger partial charge in [-0.25, -0.2) is 0 Å². The number of hydrogen-bond donors (Lipinski definition) is 1. The molecule has 0 amide bonds. The highest BCUT2D eigenvalue weighted by atomic mass is 15.2. The molecule has 0 bridgehead atoms. The van der Waals surface area contributed by atoms with Gasteiger partial charge in [0.2, 0.25) is 0 Å². The predicted molar refractivity (Wildman–Crippen MR) is 74.3 cm³/mol. The lowest BCUT2D eigenvalue weighted by atomic mass is 9.85. The maximum absolute atomic E-state index is 9.08. The molecule has 0 aromatic heterocycles. The molecule has 1 N–H and O–H groups in total. The molecule has 1 aliphatic carbocycles. The first-order chi connectivity index (χ1) is 8.74. The quantitative estimate of drug-likeness (QED) is 0.786. The average Bonchev–Trinajstić information content (AvgIpc) is 3.21. The lowest BCUT2D eigenvalue weighted by Gasteiger charge is -2.45. The van der Waals surface area contributed by atoms with E-state index in [1.165, 1.54) is 25.7 Å². The van der Waals surface area contributed by atoms with E-state index in [1.54, 1.807) is 0 Å². The summed E-state index contributed by atoms with van der Waals surface area (Å²) in [4.78, 5) is 2.58. The molecule has 1 heterocycles. The molecule has 1 saturated carbocycles. The van der Waals surface area contributed by atoms with E-state index in [9.17, 15) is 0 Å². The van der Waals surface area contributed by atoms with Crippen LogP contribution < -0.4 is 5.32 Å². The van der Waals surface area contributed by atoms with Crippen LogP contribution in [0.1, 0.15) is 58.8 Å². The van der Waals surface area contributed by atoms with Gasteiger partial charge in [-0.3, -0.25) is 4.90 Å². The minimum atomic E-state index is 0.138. The van der Waals surface area contributed by atoms with Gasteiger partial charge in [0.25, 0.3) is 0 Å². The minimum Gasteiger partial charge on any atom is -0.311 e. The van der Waals surface area contributed by atoms with E-state index in [0.717, 1.165) is 38.0 Å². The zero-order valence-corrected chi connectivity index (χ0v) is 11.9. The molecule has 0 radical (unpaired) electrons. The predicted octanol–water partition coefficient (Wildman–Crippen LogP) is 2.68. The number of piperidine rings is 1. The standard InChI is InChI=1S/C15H27N3/c1-3-15(4-2,9-10-16)18-11-7-14(8-12-18)17-13-5-6-13/h13-14,17H,3-9,11-12H2,1-2H3. The highest BCUT2D eigenvalue weighted by molar-refractivity contribution is 4.98. The Labute approximate surface area is 112 Å². The van der Waals surface area contributed by atoms with Crippen molar-refractivity contribution in [2.24, 2.45) is 0 Å². The second kappa shape index (κ2) is 6.04. The summed E-state index contributed by atoms with van der Waals surface area (Å²) in [6, 6.07) is 3.95. The van der Waals surface area contributed by atoms with Crippen molar-refractivity contribution in [3.8, 4) is 6.07 Å². The number of nitrogens with one attached hydrogen (secondary N) is 1. The van der Waals surface area contributed by atoms with Crippen LogP contribution in [-0.2, 0) is 0 Å². The van der Waals surface area contributed by atoms with Crippen molar-refractivity contribution in [3.05, 3.63) is 0 Å². The largest absolute Gasteiger partial charge is 0.311 e. The molecule has 3 heteroatoms. The molecule has 2 fully saturated rings. The van der Waals surface area contributed by atoms with E-state index in [-0.39, 0.29) is 5.54 Å². The molecule has 0 unspecified atom stereocenters. The van der Waals surface area contributed by atoms with Crippen LogP contribution in [0.3, 0.4) is 0 Å². The summed E-state index contributed by atoms with van der Waals surface area (Å²) in [5, 5.41) is 12.8. The highest BCUT2D eigenvalue weighted by Gasteiger charge is 2.36. The minimum absolute atomic E-state index is 0.138. The Morgan fingerprint density at radius 1 is 1.11 bits per heavy atom. The molecule has 18 heavy (non-hydrogen) atoms. The van der Waals surface area contributed by atoms with Gasteiger partial charge in [-0.1, -0.05) is 13.8 Å². The molecule has 102 valence electrons. The third kappa shape index (κ3) is 3.05. The lowest BCUT2D eigenvalue weighted by Crippen LogP contribution is -2.54. The molecule has 1 saturated heterocycles. The maximum atomic E-state index is 9.08. The molecular formula is C15H27N3. The number of rotatable bonds is 6. The van der Waals surface area contributed by atoms with Crippen molar-refractivity contribution < 1.29 is 0 Å². The molecule has 2 rings (SSSR count). The van der Waals surface area contributed by atoms with Gasteiger partial charge in [0.1, 0.15) is 0 Å². The molecule has 3 nitrogen and oxygen atoms in total. The van der Waals surface area contributed by atoms with Crippen LogP contribution >= 0.6 is 0 Å². The van der Waals surface area contributed by atoms with Crippen molar-refractivity contribution in [2.45, 2.75) is 76.4 Å². The van der Waals surface area contributed by atoms with E-state index < -0.39 is 0 Å². The summed E-state index contributed by atoms with van der Waals surface area (Å²) in [5.74, 6) is 0. The Balaban J connectivity index is 1.87. The summed E-state index contributed by atoms with van der Waals surface area (Å²) in [7, 11) is 0. The maximum Gasteiger partial charge on any atom is 0.0641 e. The Morgan fingerprint density at radius 3 is 2.11 bits per heavy atom. The van der Waals surface area contributed by atoms with Crippen LogP contribution in [0.4, 0.5) is 0 Å². The van der Waals surface area contributed by atoms with Gasteiger partial charge in [0.15, 0.2) is 0 Å². The van der Waals surface area contributed by atoms with Crippen LogP contribution in [0.2, 0.25) is 0 Å². The smallest absolute Gasteiger partial charge is 0.0641 e. The third-order valence-corrected chi connectivity index (χ3v) is 4.94. The Hall–Kier alpha value is -0.590. The fourth-order valence-corrected chi connectivity index (χ4v) is 3.31. The number of hydrogen-bond acceptors (Lipinski definition) is 3. The van der Waals surface area contributed by atoms with Gasteiger partial charge >= 0.3 is 0 Å². The third-order valence-electron chi connectivity index (χ3n) is 4.94. The molecule has 0 aromatic rings. The van der Waals surface area contributed by atoms with Gasteiger partial charge in [0.05, 0.1) is 12.5 Å². The monoisotopic (exact) mass is 249 g/mol. The van der Waals surface area contributed by atoms with Crippen molar-refractivity contribution >= 4 is 0 Å². The molecular weight excluding hydrogens is 222 g/mol. The van der Waals surface area contributed by atoms with Crippen LogP contribution in [0.25, 0.3) is 0 Å². The van der Waals surface area contributed by atoms with Crippen molar-refractivity contribution in [3.63, 3.8) is 0 Å². The van der Waals surface area contributed by atoms with E-state index in [0.29, 0.717) is 6.42 Å². The highest BCUT2D eigenvalue weighted by Crippen LogP contribution is 2.31. The van der Waals surface area contributed by atoms with Crippen LogP contribution in [0, 0.1) is 11.3 Å². The van der Waals surface area contributed by atoms with Crippen molar-refractivity contribution in [2.75, 3.05) is 13.1 Å². The van der Waals surface area contributed by atoms with E-state index in [2.05, 4.69) is 30.1 Å². The van der Waals surface area contributed by atoms with Crippen LogP contribution in [-0.4, -0.2) is 35.6 Å². The van der Waals surface area contributed by atoms with Gasteiger partial charge < -0.3 is 5.32 Å². The van der Waals surface area contributed by atoms with Gasteiger partial charge in [-0.15, -0.1) is 0 Å². The van der Waals surface area contributed by atoms with Crippen molar-refractivity contribution in [1.82, 2.24) is 10.2 Å². The number of likely N-dealkylation sites (tertiary alicyclic amines) is 1. The van der Waals surface area contributed by atoms with Gasteiger partial charge in [0, 0.05) is 30.7 Å². The SMILES string of the molecule is CCC(CC)(CC#N)N1CCC(NC2CC2)CC1. The lowest BCUT2D eigenvalue weighted by molar-refractivity contribution is 0.0516. The first-order valence-corrected chi connectivity index (χ1v) is 7.62. The average molecular weight is 249 g/mol. The fraction of sp³-hybridized carbons (Fsp3) is 0.933. The second-order valence-electron chi connectivity index (χ2n) is 5.97. The van der Waals surface area contributed by atoms with Gasteiger partial charge in [-0.05, 0) is 38.5 Å². The second-order valence-corrected chi connectivity index (χ2v) is 5.97. The first-order valence-electron chi connectivity index (χ1n) is 7.62. The summed E-state index contributed by atoms with van der Waals surface area (Å²) in [6.45, 7) is 6.78. The number of nitriles is 1. The fourth-order valence-electron chi connectivity index (χ4n) is 3.31. The Morgan fingerprint density at radius 2 is 1.67 bits per heavy atom. The number of nitrogens with zero attached hydrogens (tertiary/aromatic N) is 2.